The predicted molar refractivity (Wildman–Crippen MR) is 49.7 cm³/mol. The quantitative estimate of drug-likeness (QED) is 0.632. The summed E-state index contributed by atoms with van der Waals surface area (Å²) in [6.45, 7) is 1.76. The number of rotatable bonds is 1. The monoisotopic (exact) mass is 181 g/mol. The lowest BCUT2D eigenvalue weighted by molar-refractivity contribution is -0.126. The number of hydrogen-bond donors (Lipinski definition) is 1. The standard InChI is InChI=1S/C9H15N3O/c1-11-6-7(5-9(11)13)12-4-2-3-8(12)10/h7,10H,2-6H2,1H3. The summed E-state index contributed by atoms with van der Waals surface area (Å²) < 4.78 is 0. The average molecular weight is 181 g/mol. The minimum Gasteiger partial charge on any atom is -0.355 e. The third-order valence-electron chi connectivity index (χ3n) is 2.92. The molecular formula is C9H15N3O. The Morgan fingerprint density at radius 3 is 2.77 bits per heavy atom. The van der Waals surface area contributed by atoms with Crippen LogP contribution >= 0.6 is 0 Å². The first kappa shape index (κ1) is 8.53. The molecular weight excluding hydrogens is 166 g/mol. The normalized spacial score (nSPS) is 29.2. The molecule has 2 aliphatic heterocycles. The van der Waals surface area contributed by atoms with Crippen LogP contribution < -0.4 is 0 Å². The van der Waals surface area contributed by atoms with Crippen LogP contribution in [0.2, 0.25) is 0 Å². The molecule has 2 aliphatic rings. The van der Waals surface area contributed by atoms with Gasteiger partial charge in [-0.15, -0.1) is 0 Å². The molecule has 0 aromatic carbocycles. The van der Waals surface area contributed by atoms with Crippen molar-refractivity contribution in [2.45, 2.75) is 25.3 Å². The van der Waals surface area contributed by atoms with Gasteiger partial charge >= 0.3 is 0 Å². The summed E-state index contributed by atoms with van der Waals surface area (Å²) in [7, 11) is 1.84. The average Bonchev–Trinajstić information content (AvgIpc) is 2.60. The zero-order chi connectivity index (χ0) is 9.42. The Hall–Kier alpha value is -1.06. The number of nitrogens with zero attached hydrogens (tertiary/aromatic N) is 2. The Balaban J connectivity index is 2.02. The first-order valence-corrected chi connectivity index (χ1v) is 4.76. The number of carbonyl (C=O) groups excluding carboxylic acids is 1. The summed E-state index contributed by atoms with van der Waals surface area (Å²) in [6, 6.07) is 0.271. The van der Waals surface area contributed by atoms with Gasteiger partial charge in [0.25, 0.3) is 0 Å². The fraction of sp³-hybridized carbons (Fsp3) is 0.778. The SMILES string of the molecule is CN1CC(N2CCCC2=N)CC1=O. The lowest BCUT2D eigenvalue weighted by Crippen LogP contribution is -2.37. The Morgan fingerprint density at radius 2 is 2.31 bits per heavy atom. The van der Waals surface area contributed by atoms with Gasteiger partial charge in [0.15, 0.2) is 0 Å². The zero-order valence-electron chi connectivity index (χ0n) is 7.92. The van der Waals surface area contributed by atoms with Gasteiger partial charge < -0.3 is 9.80 Å². The van der Waals surface area contributed by atoms with Crippen molar-refractivity contribution in [2.24, 2.45) is 0 Å². The second-order valence-electron chi connectivity index (χ2n) is 3.88. The molecule has 0 bridgehead atoms. The molecule has 0 aliphatic carbocycles. The molecule has 1 N–H and O–H groups in total. The van der Waals surface area contributed by atoms with Crippen LogP contribution in [0, 0.1) is 5.41 Å². The molecule has 13 heavy (non-hydrogen) atoms. The summed E-state index contributed by atoms with van der Waals surface area (Å²) in [5.74, 6) is 0.929. The van der Waals surface area contributed by atoms with E-state index in [1.165, 1.54) is 0 Å². The molecule has 0 radical (unpaired) electrons. The van der Waals surface area contributed by atoms with Crippen molar-refractivity contribution in [1.82, 2.24) is 9.80 Å². The van der Waals surface area contributed by atoms with Crippen LogP contribution in [-0.4, -0.2) is 47.7 Å². The molecule has 2 heterocycles. The van der Waals surface area contributed by atoms with E-state index in [-0.39, 0.29) is 11.9 Å². The number of amides is 1. The van der Waals surface area contributed by atoms with Crippen LogP contribution in [0.25, 0.3) is 0 Å². The zero-order valence-corrected chi connectivity index (χ0v) is 7.92. The highest BCUT2D eigenvalue weighted by atomic mass is 16.2. The van der Waals surface area contributed by atoms with E-state index >= 15 is 0 Å². The Kier molecular flexibility index (Phi) is 1.98. The molecule has 0 aromatic heterocycles. The summed E-state index contributed by atoms with van der Waals surface area (Å²) in [4.78, 5) is 15.1. The van der Waals surface area contributed by atoms with Crippen molar-refractivity contribution >= 4 is 11.7 Å². The maximum atomic E-state index is 11.3. The van der Waals surface area contributed by atoms with Crippen molar-refractivity contribution in [1.29, 1.82) is 5.41 Å². The van der Waals surface area contributed by atoms with Crippen LogP contribution in [0.15, 0.2) is 0 Å². The fourth-order valence-electron chi connectivity index (χ4n) is 2.15. The molecule has 2 rings (SSSR count). The summed E-state index contributed by atoms with van der Waals surface area (Å²) in [5.41, 5.74) is 0. The van der Waals surface area contributed by atoms with Crippen LogP contribution in [0.1, 0.15) is 19.3 Å². The number of carbonyl (C=O) groups is 1. The van der Waals surface area contributed by atoms with Crippen LogP contribution in [0.3, 0.4) is 0 Å². The second-order valence-corrected chi connectivity index (χ2v) is 3.88. The van der Waals surface area contributed by atoms with Crippen LogP contribution in [-0.2, 0) is 4.79 Å². The summed E-state index contributed by atoms with van der Waals surface area (Å²) in [5, 5.41) is 7.70. The number of likely N-dealkylation sites (N-methyl/N-ethyl adjacent to an activating group) is 1. The second kappa shape index (κ2) is 3.01. The number of hydrogen-bond acceptors (Lipinski definition) is 2. The first-order chi connectivity index (χ1) is 6.18. The summed E-state index contributed by atoms with van der Waals surface area (Å²) >= 11 is 0. The molecule has 0 spiro atoms. The van der Waals surface area contributed by atoms with E-state index in [4.69, 9.17) is 5.41 Å². The van der Waals surface area contributed by atoms with E-state index < -0.39 is 0 Å². The Bertz CT molecular complexity index is 251. The predicted octanol–water partition coefficient (Wildman–Crippen LogP) is 0.290. The van der Waals surface area contributed by atoms with E-state index in [0.717, 1.165) is 25.9 Å². The van der Waals surface area contributed by atoms with Crippen molar-refractivity contribution in [3.05, 3.63) is 0 Å². The van der Waals surface area contributed by atoms with Gasteiger partial charge in [-0.1, -0.05) is 0 Å². The van der Waals surface area contributed by atoms with Crippen molar-refractivity contribution in [3.63, 3.8) is 0 Å². The molecule has 1 amide bonds. The molecule has 4 nitrogen and oxygen atoms in total. The Labute approximate surface area is 78.0 Å². The molecule has 1 atom stereocenters. The minimum absolute atomic E-state index is 0.213. The molecule has 0 aromatic rings. The van der Waals surface area contributed by atoms with Crippen LogP contribution in [0.4, 0.5) is 0 Å². The lowest BCUT2D eigenvalue weighted by Gasteiger charge is -2.24. The number of likely N-dealkylation sites (tertiary alicyclic amines) is 2. The van der Waals surface area contributed by atoms with E-state index in [9.17, 15) is 4.79 Å². The van der Waals surface area contributed by atoms with Gasteiger partial charge in [-0.3, -0.25) is 10.2 Å². The molecule has 1 unspecified atom stereocenters. The summed E-state index contributed by atoms with van der Waals surface area (Å²) in [6.07, 6.45) is 2.56. The van der Waals surface area contributed by atoms with Gasteiger partial charge in [0, 0.05) is 33.0 Å². The molecule has 0 saturated carbocycles. The number of amidine groups is 1. The molecule has 4 heteroatoms. The molecule has 2 fully saturated rings. The third kappa shape index (κ3) is 1.41. The van der Waals surface area contributed by atoms with Gasteiger partial charge in [-0.25, -0.2) is 0 Å². The number of nitrogens with one attached hydrogen (secondary N) is 1. The van der Waals surface area contributed by atoms with Gasteiger partial charge in [-0.05, 0) is 6.42 Å². The van der Waals surface area contributed by atoms with E-state index in [2.05, 4.69) is 4.90 Å². The third-order valence-corrected chi connectivity index (χ3v) is 2.92. The van der Waals surface area contributed by atoms with Gasteiger partial charge in [0.05, 0.1) is 11.9 Å². The highest BCUT2D eigenvalue weighted by Crippen LogP contribution is 2.21. The largest absolute Gasteiger partial charge is 0.355 e. The van der Waals surface area contributed by atoms with Gasteiger partial charge in [0.2, 0.25) is 5.91 Å². The molecule has 72 valence electrons. The minimum atomic E-state index is 0.213. The topological polar surface area (TPSA) is 47.4 Å². The first-order valence-electron chi connectivity index (χ1n) is 4.76. The van der Waals surface area contributed by atoms with Crippen molar-refractivity contribution in [2.75, 3.05) is 20.1 Å². The lowest BCUT2D eigenvalue weighted by atomic mass is 10.2. The van der Waals surface area contributed by atoms with E-state index in [1.54, 1.807) is 4.90 Å². The maximum absolute atomic E-state index is 11.3. The van der Waals surface area contributed by atoms with Crippen molar-refractivity contribution in [3.8, 4) is 0 Å². The van der Waals surface area contributed by atoms with E-state index in [0.29, 0.717) is 12.3 Å². The van der Waals surface area contributed by atoms with E-state index in [1.807, 2.05) is 7.05 Å². The van der Waals surface area contributed by atoms with Gasteiger partial charge in [-0.2, -0.15) is 0 Å². The van der Waals surface area contributed by atoms with Crippen LogP contribution in [0.5, 0.6) is 0 Å². The smallest absolute Gasteiger partial charge is 0.224 e. The van der Waals surface area contributed by atoms with Crippen molar-refractivity contribution < 1.29 is 4.79 Å². The highest BCUT2D eigenvalue weighted by Gasteiger charge is 2.34. The maximum Gasteiger partial charge on any atom is 0.224 e. The fourth-order valence-corrected chi connectivity index (χ4v) is 2.15. The molecule has 2 saturated heterocycles. The Morgan fingerprint density at radius 1 is 1.54 bits per heavy atom. The van der Waals surface area contributed by atoms with Gasteiger partial charge in [0.1, 0.15) is 0 Å². The highest BCUT2D eigenvalue weighted by molar-refractivity contribution is 5.84.